The summed E-state index contributed by atoms with van der Waals surface area (Å²) in [5, 5.41) is 4.69. The van der Waals surface area contributed by atoms with Gasteiger partial charge in [-0.05, 0) is 45.4 Å². The van der Waals surface area contributed by atoms with E-state index in [9.17, 15) is 27.6 Å². The highest BCUT2D eigenvalue weighted by atomic mass is 19.4. The summed E-state index contributed by atoms with van der Waals surface area (Å²) in [6, 6.07) is 4.10. The van der Waals surface area contributed by atoms with Gasteiger partial charge in [-0.3, -0.25) is 9.59 Å². The van der Waals surface area contributed by atoms with E-state index in [0.29, 0.717) is 0 Å². The van der Waals surface area contributed by atoms with Gasteiger partial charge in [0.2, 0.25) is 0 Å². The molecule has 1 rings (SSSR count). The van der Waals surface area contributed by atoms with Gasteiger partial charge in [0.05, 0.1) is 5.56 Å². The maximum Gasteiger partial charge on any atom is 0.416 e. The van der Waals surface area contributed by atoms with E-state index in [1.54, 1.807) is 20.8 Å². The number of alkyl carbamates (subject to hydrolysis) is 1. The van der Waals surface area contributed by atoms with Gasteiger partial charge >= 0.3 is 18.2 Å². The molecule has 0 bridgehead atoms. The number of nitrogens with one attached hydrogen (secondary N) is 2. The Morgan fingerprint density at radius 1 is 1.11 bits per heavy atom. The van der Waals surface area contributed by atoms with Crippen LogP contribution >= 0.6 is 0 Å². The first-order valence-corrected chi connectivity index (χ1v) is 8.46. The molecule has 0 saturated heterocycles. The average molecular weight is 404 g/mol. The Bertz CT molecular complexity index is 699. The van der Waals surface area contributed by atoms with E-state index in [0.717, 1.165) is 18.2 Å². The fraction of sp³-hybridized carbons (Fsp3) is 0.500. The molecular formula is C18H23F3N2O5. The number of halogens is 3. The van der Waals surface area contributed by atoms with Crippen LogP contribution in [-0.4, -0.2) is 36.7 Å². The minimum Gasteiger partial charge on any atom is -0.456 e. The molecule has 0 aliphatic carbocycles. The quantitative estimate of drug-likeness (QED) is 0.536. The molecule has 0 aliphatic heterocycles. The van der Waals surface area contributed by atoms with Gasteiger partial charge in [0.15, 0.2) is 6.61 Å². The van der Waals surface area contributed by atoms with E-state index in [-0.39, 0.29) is 25.1 Å². The molecule has 7 nitrogen and oxygen atoms in total. The number of anilines is 1. The molecule has 2 N–H and O–H groups in total. The second-order valence-corrected chi connectivity index (χ2v) is 6.82. The summed E-state index contributed by atoms with van der Waals surface area (Å²) in [6.07, 6.45) is -4.91. The maximum absolute atomic E-state index is 12.6. The second-order valence-electron chi connectivity index (χ2n) is 6.82. The topological polar surface area (TPSA) is 93.7 Å². The largest absolute Gasteiger partial charge is 0.456 e. The minimum absolute atomic E-state index is 0.0490. The van der Waals surface area contributed by atoms with E-state index in [1.807, 2.05) is 0 Å². The van der Waals surface area contributed by atoms with Crippen LogP contribution in [0.4, 0.5) is 23.7 Å². The van der Waals surface area contributed by atoms with Crippen molar-refractivity contribution in [3.05, 3.63) is 29.8 Å². The van der Waals surface area contributed by atoms with Crippen molar-refractivity contribution in [3.63, 3.8) is 0 Å². The third-order valence-corrected chi connectivity index (χ3v) is 3.06. The molecule has 0 unspecified atom stereocenters. The number of hydrogen-bond donors (Lipinski definition) is 2. The number of alkyl halides is 3. The predicted molar refractivity (Wildman–Crippen MR) is 94.5 cm³/mol. The van der Waals surface area contributed by atoms with Gasteiger partial charge < -0.3 is 20.1 Å². The molecular weight excluding hydrogens is 381 g/mol. The summed E-state index contributed by atoms with van der Waals surface area (Å²) >= 11 is 0. The average Bonchev–Trinajstić information content (AvgIpc) is 2.55. The Balaban J connectivity index is 2.28. The van der Waals surface area contributed by atoms with Crippen LogP contribution in [0.3, 0.4) is 0 Å². The summed E-state index contributed by atoms with van der Waals surface area (Å²) in [6.45, 7) is 4.70. The van der Waals surface area contributed by atoms with Crippen molar-refractivity contribution in [3.8, 4) is 0 Å². The molecule has 0 aromatic heterocycles. The third kappa shape index (κ3) is 9.79. The van der Waals surface area contributed by atoms with Crippen molar-refractivity contribution in [2.75, 3.05) is 18.5 Å². The van der Waals surface area contributed by atoms with Crippen molar-refractivity contribution in [1.82, 2.24) is 5.32 Å². The molecule has 0 aliphatic rings. The van der Waals surface area contributed by atoms with E-state index < -0.39 is 41.9 Å². The first kappa shape index (κ1) is 23.3. The fourth-order valence-electron chi connectivity index (χ4n) is 1.93. The van der Waals surface area contributed by atoms with Crippen LogP contribution < -0.4 is 10.6 Å². The van der Waals surface area contributed by atoms with Crippen LogP contribution in [-0.2, 0) is 25.2 Å². The summed E-state index contributed by atoms with van der Waals surface area (Å²) < 4.78 is 47.6. The van der Waals surface area contributed by atoms with Gasteiger partial charge in [0.25, 0.3) is 5.91 Å². The third-order valence-electron chi connectivity index (χ3n) is 3.06. The number of carbonyl (C=O) groups is 3. The Labute approximate surface area is 160 Å². The zero-order valence-corrected chi connectivity index (χ0v) is 15.8. The van der Waals surface area contributed by atoms with Crippen LogP contribution in [0.15, 0.2) is 24.3 Å². The number of amides is 2. The summed E-state index contributed by atoms with van der Waals surface area (Å²) in [4.78, 5) is 34.7. The van der Waals surface area contributed by atoms with Crippen molar-refractivity contribution in [1.29, 1.82) is 0 Å². The van der Waals surface area contributed by atoms with E-state index >= 15 is 0 Å². The van der Waals surface area contributed by atoms with Gasteiger partial charge in [-0.15, -0.1) is 0 Å². The Morgan fingerprint density at radius 3 is 2.39 bits per heavy atom. The number of benzene rings is 1. The van der Waals surface area contributed by atoms with Crippen LogP contribution in [0.1, 0.15) is 39.2 Å². The fourth-order valence-corrected chi connectivity index (χ4v) is 1.93. The lowest BCUT2D eigenvalue weighted by atomic mass is 10.2. The molecule has 0 fully saturated rings. The second kappa shape index (κ2) is 9.95. The van der Waals surface area contributed by atoms with Crippen LogP contribution in [0, 0.1) is 0 Å². The van der Waals surface area contributed by atoms with Crippen LogP contribution in [0.5, 0.6) is 0 Å². The number of rotatable bonds is 7. The molecule has 2 amide bonds. The van der Waals surface area contributed by atoms with Crippen LogP contribution in [0.2, 0.25) is 0 Å². The zero-order valence-electron chi connectivity index (χ0n) is 15.8. The Kier molecular flexibility index (Phi) is 8.27. The Hall–Kier alpha value is -2.78. The van der Waals surface area contributed by atoms with Gasteiger partial charge in [-0.1, -0.05) is 6.07 Å². The summed E-state index contributed by atoms with van der Waals surface area (Å²) in [7, 11) is 0. The molecule has 10 heteroatoms. The molecule has 156 valence electrons. The van der Waals surface area contributed by atoms with Crippen LogP contribution in [0.25, 0.3) is 0 Å². The molecule has 0 spiro atoms. The highest BCUT2D eigenvalue weighted by Gasteiger charge is 2.30. The predicted octanol–water partition coefficient (Wildman–Crippen LogP) is 3.49. The lowest BCUT2D eigenvalue weighted by molar-refractivity contribution is -0.147. The Morgan fingerprint density at radius 2 is 1.79 bits per heavy atom. The van der Waals surface area contributed by atoms with E-state index in [2.05, 4.69) is 10.6 Å². The first-order chi connectivity index (χ1) is 12.9. The summed E-state index contributed by atoms with van der Waals surface area (Å²) in [5.74, 6) is -1.44. The molecule has 1 aromatic rings. The minimum atomic E-state index is -4.53. The molecule has 0 saturated carbocycles. The normalized spacial score (nSPS) is 11.5. The number of carbonyl (C=O) groups excluding carboxylic acids is 3. The number of hydrogen-bond acceptors (Lipinski definition) is 5. The van der Waals surface area contributed by atoms with Crippen molar-refractivity contribution in [2.45, 2.75) is 45.4 Å². The van der Waals surface area contributed by atoms with Crippen molar-refractivity contribution < 1.29 is 37.0 Å². The highest BCUT2D eigenvalue weighted by Crippen LogP contribution is 2.30. The van der Waals surface area contributed by atoms with Crippen molar-refractivity contribution in [2.24, 2.45) is 0 Å². The number of esters is 1. The summed E-state index contributed by atoms with van der Waals surface area (Å²) in [5.41, 5.74) is -1.59. The highest BCUT2D eigenvalue weighted by molar-refractivity contribution is 5.92. The lowest BCUT2D eigenvalue weighted by Crippen LogP contribution is -2.33. The molecule has 0 heterocycles. The van der Waals surface area contributed by atoms with Crippen molar-refractivity contribution >= 4 is 23.7 Å². The van der Waals surface area contributed by atoms with E-state index in [1.165, 1.54) is 6.07 Å². The molecule has 1 aromatic carbocycles. The first-order valence-electron chi connectivity index (χ1n) is 8.46. The zero-order chi connectivity index (χ0) is 21.4. The molecule has 0 radical (unpaired) electrons. The van der Waals surface area contributed by atoms with Gasteiger partial charge in [0.1, 0.15) is 5.60 Å². The monoisotopic (exact) mass is 404 g/mol. The number of ether oxygens (including phenoxy) is 2. The van der Waals surface area contributed by atoms with Gasteiger partial charge in [-0.25, -0.2) is 4.79 Å². The SMILES string of the molecule is CC(C)(C)OC(=O)NCCCC(=O)OCC(=O)Nc1cccc(C(F)(F)F)c1. The standard InChI is InChI=1S/C18H23F3N2O5/c1-17(2,3)28-16(26)22-9-5-8-15(25)27-11-14(24)23-13-7-4-6-12(10-13)18(19,20)21/h4,6-7,10H,5,8-9,11H2,1-3H3,(H,22,26)(H,23,24). The lowest BCUT2D eigenvalue weighted by Gasteiger charge is -2.19. The smallest absolute Gasteiger partial charge is 0.416 e. The molecule has 28 heavy (non-hydrogen) atoms. The maximum atomic E-state index is 12.6. The van der Waals surface area contributed by atoms with Gasteiger partial charge in [-0.2, -0.15) is 13.2 Å². The van der Waals surface area contributed by atoms with Gasteiger partial charge in [0, 0.05) is 18.7 Å². The van der Waals surface area contributed by atoms with E-state index in [4.69, 9.17) is 9.47 Å². The molecule has 0 atom stereocenters.